The van der Waals surface area contributed by atoms with Gasteiger partial charge in [0.15, 0.2) is 0 Å². The molecule has 1 heterocycles. The molecule has 0 aromatic carbocycles. The topological polar surface area (TPSA) is 57.6 Å². The van der Waals surface area contributed by atoms with Gasteiger partial charge in [0.2, 0.25) is 11.8 Å². The summed E-state index contributed by atoms with van der Waals surface area (Å²) in [6.07, 6.45) is 5.94. The first-order valence-corrected chi connectivity index (χ1v) is 6.69. The van der Waals surface area contributed by atoms with Crippen molar-refractivity contribution >= 4 is 11.8 Å². The molecule has 1 N–H and O–H groups in total. The lowest BCUT2D eigenvalue weighted by molar-refractivity contribution is -0.144. The molecule has 100 valence electrons. The molecule has 18 heavy (non-hydrogen) atoms. The molecule has 2 rings (SSSR count). The number of aliphatic hydroxyl groups is 1. The minimum atomic E-state index is -0.351. The van der Waals surface area contributed by atoms with E-state index in [0.29, 0.717) is 25.2 Å². The van der Waals surface area contributed by atoms with Crippen molar-refractivity contribution in [1.82, 2.24) is 4.90 Å². The van der Waals surface area contributed by atoms with Gasteiger partial charge in [0.05, 0.1) is 24.5 Å². The summed E-state index contributed by atoms with van der Waals surface area (Å²) < 4.78 is 0. The molecular weight excluding hydrogens is 230 g/mol. The van der Waals surface area contributed by atoms with Crippen molar-refractivity contribution in [2.75, 3.05) is 6.61 Å². The number of hydrogen-bond donors (Lipinski definition) is 1. The van der Waals surface area contributed by atoms with Crippen molar-refractivity contribution < 1.29 is 14.7 Å². The molecular formula is C14H21NO3. The Bertz CT molecular complexity index is 349. The summed E-state index contributed by atoms with van der Waals surface area (Å²) in [6, 6.07) is -0.351. The molecule has 0 bridgehead atoms. The molecule has 0 radical (unpaired) electrons. The molecule has 0 aromatic rings. The molecule has 1 aliphatic carbocycles. The van der Waals surface area contributed by atoms with Crippen molar-refractivity contribution in [2.45, 2.75) is 39.2 Å². The molecule has 0 aromatic heterocycles. The Kier molecular flexibility index (Phi) is 3.85. The molecule has 1 saturated heterocycles. The number of carbonyl (C=O) groups is 2. The molecule has 2 amide bonds. The van der Waals surface area contributed by atoms with Gasteiger partial charge in [-0.1, -0.05) is 26.0 Å². The number of fused-ring (bicyclic) bond motifs is 1. The van der Waals surface area contributed by atoms with E-state index in [9.17, 15) is 14.7 Å². The van der Waals surface area contributed by atoms with Crippen LogP contribution in [0.3, 0.4) is 0 Å². The Morgan fingerprint density at radius 3 is 2.11 bits per heavy atom. The maximum atomic E-state index is 12.3. The highest BCUT2D eigenvalue weighted by Gasteiger charge is 2.49. The molecule has 0 spiro atoms. The summed E-state index contributed by atoms with van der Waals surface area (Å²) in [4.78, 5) is 25.9. The molecule has 2 aliphatic rings. The van der Waals surface area contributed by atoms with E-state index in [-0.39, 0.29) is 36.3 Å². The lowest BCUT2D eigenvalue weighted by Gasteiger charge is -2.26. The quantitative estimate of drug-likeness (QED) is 0.606. The molecule has 1 fully saturated rings. The molecule has 1 aliphatic heterocycles. The van der Waals surface area contributed by atoms with Crippen molar-refractivity contribution in [2.24, 2.45) is 17.8 Å². The Morgan fingerprint density at radius 1 is 1.22 bits per heavy atom. The van der Waals surface area contributed by atoms with Crippen LogP contribution >= 0.6 is 0 Å². The van der Waals surface area contributed by atoms with Gasteiger partial charge in [-0.15, -0.1) is 0 Å². The van der Waals surface area contributed by atoms with Crippen LogP contribution in [-0.4, -0.2) is 34.5 Å². The van der Waals surface area contributed by atoms with Gasteiger partial charge in [0.25, 0.3) is 0 Å². The Balaban J connectivity index is 2.18. The van der Waals surface area contributed by atoms with Gasteiger partial charge in [-0.3, -0.25) is 14.5 Å². The number of amides is 2. The third-order valence-corrected chi connectivity index (χ3v) is 3.86. The van der Waals surface area contributed by atoms with E-state index < -0.39 is 0 Å². The van der Waals surface area contributed by atoms with Crippen LogP contribution in [0.15, 0.2) is 12.2 Å². The van der Waals surface area contributed by atoms with Crippen LogP contribution in [0, 0.1) is 17.8 Å². The van der Waals surface area contributed by atoms with Gasteiger partial charge >= 0.3 is 0 Å². The van der Waals surface area contributed by atoms with Crippen LogP contribution in [0.5, 0.6) is 0 Å². The second-order valence-corrected chi connectivity index (χ2v) is 5.67. The second kappa shape index (κ2) is 5.22. The van der Waals surface area contributed by atoms with E-state index in [0.717, 1.165) is 0 Å². The van der Waals surface area contributed by atoms with E-state index in [1.807, 2.05) is 26.0 Å². The van der Waals surface area contributed by atoms with Crippen molar-refractivity contribution in [3.63, 3.8) is 0 Å². The first kappa shape index (κ1) is 13.3. The van der Waals surface area contributed by atoms with Crippen molar-refractivity contribution in [1.29, 1.82) is 0 Å². The standard InChI is InChI=1S/C14H21NO3/c1-9(2)7-10(8-16)15-13(17)11-5-3-4-6-12(11)14(15)18/h3-4,9-12,16H,5-8H2,1-2H3/t10?,11-,12+. The van der Waals surface area contributed by atoms with Crippen molar-refractivity contribution in [3.05, 3.63) is 12.2 Å². The van der Waals surface area contributed by atoms with E-state index in [1.165, 1.54) is 4.90 Å². The zero-order valence-electron chi connectivity index (χ0n) is 11.0. The zero-order valence-corrected chi connectivity index (χ0v) is 11.0. The summed E-state index contributed by atoms with van der Waals surface area (Å²) >= 11 is 0. The first-order chi connectivity index (χ1) is 8.56. The number of carbonyl (C=O) groups excluding carboxylic acids is 2. The maximum absolute atomic E-state index is 12.3. The fourth-order valence-electron chi connectivity index (χ4n) is 2.99. The van der Waals surface area contributed by atoms with Gasteiger partial charge in [-0.25, -0.2) is 0 Å². The second-order valence-electron chi connectivity index (χ2n) is 5.67. The SMILES string of the molecule is CC(C)CC(CO)N1C(=O)[C@H]2CC=CC[C@H]2C1=O. The molecule has 4 heteroatoms. The highest BCUT2D eigenvalue weighted by molar-refractivity contribution is 6.05. The summed E-state index contributed by atoms with van der Waals surface area (Å²) in [5.74, 6) is -0.209. The number of rotatable bonds is 4. The van der Waals surface area contributed by atoms with E-state index in [4.69, 9.17) is 0 Å². The molecule has 4 nitrogen and oxygen atoms in total. The summed E-state index contributed by atoms with van der Waals surface area (Å²) in [5.41, 5.74) is 0. The lowest BCUT2D eigenvalue weighted by Crippen LogP contribution is -2.43. The fraction of sp³-hybridized carbons (Fsp3) is 0.714. The Labute approximate surface area is 108 Å². The summed E-state index contributed by atoms with van der Waals surface area (Å²) in [5, 5.41) is 9.44. The predicted molar refractivity (Wildman–Crippen MR) is 67.5 cm³/mol. The Morgan fingerprint density at radius 2 is 1.72 bits per heavy atom. The molecule has 1 unspecified atom stereocenters. The third-order valence-electron chi connectivity index (χ3n) is 3.86. The monoisotopic (exact) mass is 251 g/mol. The van der Waals surface area contributed by atoms with Crippen molar-refractivity contribution in [3.8, 4) is 0 Å². The summed E-state index contributed by atoms with van der Waals surface area (Å²) in [6.45, 7) is 3.92. The smallest absolute Gasteiger partial charge is 0.233 e. The van der Waals surface area contributed by atoms with E-state index >= 15 is 0 Å². The van der Waals surface area contributed by atoms with Gasteiger partial charge in [-0.2, -0.15) is 0 Å². The molecule has 0 saturated carbocycles. The number of imide groups is 1. The predicted octanol–water partition coefficient (Wildman–Crippen LogP) is 1.34. The minimum Gasteiger partial charge on any atom is -0.394 e. The fourth-order valence-corrected chi connectivity index (χ4v) is 2.99. The molecule has 3 atom stereocenters. The minimum absolute atomic E-state index is 0.0888. The van der Waals surface area contributed by atoms with Gasteiger partial charge in [0, 0.05) is 0 Å². The number of likely N-dealkylation sites (tertiary alicyclic amines) is 1. The number of allylic oxidation sites excluding steroid dienone is 2. The third kappa shape index (κ3) is 2.21. The van der Waals surface area contributed by atoms with Crippen LogP contribution in [0.1, 0.15) is 33.1 Å². The largest absolute Gasteiger partial charge is 0.394 e. The maximum Gasteiger partial charge on any atom is 0.233 e. The van der Waals surface area contributed by atoms with Crippen LogP contribution in [0.25, 0.3) is 0 Å². The van der Waals surface area contributed by atoms with Crippen LogP contribution in [0.2, 0.25) is 0 Å². The van der Waals surface area contributed by atoms with Crippen LogP contribution in [0.4, 0.5) is 0 Å². The average Bonchev–Trinajstić information content (AvgIpc) is 2.60. The number of nitrogens with zero attached hydrogens (tertiary/aromatic N) is 1. The summed E-state index contributed by atoms with van der Waals surface area (Å²) in [7, 11) is 0. The van der Waals surface area contributed by atoms with E-state index in [1.54, 1.807) is 0 Å². The van der Waals surface area contributed by atoms with E-state index in [2.05, 4.69) is 0 Å². The van der Waals surface area contributed by atoms with Gasteiger partial charge in [0.1, 0.15) is 0 Å². The highest BCUT2D eigenvalue weighted by Crippen LogP contribution is 2.36. The number of hydrogen-bond acceptors (Lipinski definition) is 3. The average molecular weight is 251 g/mol. The normalized spacial score (nSPS) is 29.0. The van der Waals surface area contributed by atoms with Crippen LogP contribution < -0.4 is 0 Å². The number of aliphatic hydroxyl groups excluding tert-OH is 1. The Hall–Kier alpha value is -1.16. The highest BCUT2D eigenvalue weighted by atomic mass is 16.3. The lowest BCUT2D eigenvalue weighted by atomic mass is 9.85. The van der Waals surface area contributed by atoms with Gasteiger partial charge < -0.3 is 5.11 Å². The first-order valence-electron chi connectivity index (χ1n) is 6.69. The van der Waals surface area contributed by atoms with Crippen LogP contribution in [-0.2, 0) is 9.59 Å². The zero-order chi connectivity index (χ0) is 13.3. The van der Waals surface area contributed by atoms with Gasteiger partial charge in [-0.05, 0) is 25.2 Å².